The molecule has 2 atom stereocenters. The van der Waals surface area contributed by atoms with Crippen molar-refractivity contribution in [3.63, 3.8) is 0 Å². The SMILES string of the molecule is CC(C)(C)OC(=O)[C@@H]1CCC[C@H](C(=O)OC(C)(C)C)C1. The molecule has 0 spiro atoms. The van der Waals surface area contributed by atoms with E-state index in [0.29, 0.717) is 6.42 Å². The lowest BCUT2D eigenvalue weighted by Crippen LogP contribution is -2.35. The molecule has 116 valence electrons. The summed E-state index contributed by atoms with van der Waals surface area (Å²) < 4.78 is 10.8. The highest BCUT2D eigenvalue weighted by molar-refractivity contribution is 5.77. The zero-order valence-corrected chi connectivity index (χ0v) is 13.6. The molecule has 4 heteroatoms. The van der Waals surface area contributed by atoms with E-state index in [-0.39, 0.29) is 23.8 Å². The molecule has 0 aliphatic heterocycles. The van der Waals surface area contributed by atoms with Crippen LogP contribution in [-0.4, -0.2) is 23.1 Å². The third-order valence-electron chi connectivity index (χ3n) is 3.15. The lowest BCUT2D eigenvalue weighted by Gasteiger charge is -2.31. The molecule has 20 heavy (non-hydrogen) atoms. The Kier molecular flexibility index (Phi) is 5.22. The van der Waals surface area contributed by atoms with Crippen molar-refractivity contribution in [1.82, 2.24) is 0 Å². The summed E-state index contributed by atoms with van der Waals surface area (Å²) in [5.74, 6) is -0.738. The van der Waals surface area contributed by atoms with Crippen molar-refractivity contribution in [1.29, 1.82) is 0 Å². The molecular weight excluding hydrogens is 256 g/mol. The van der Waals surface area contributed by atoms with E-state index < -0.39 is 11.2 Å². The summed E-state index contributed by atoms with van der Waals surface area (Å²) >= 11 is 0. The number of hydrogen-bond acceptors (Lipinski definition) is 4. The number of carbonyl (C=O) groups is 2. The average molecular weight is 284 g/mol. The van der Waals surface area contributed by atoms with Crippen LogP contribution in [0.15, 0.2) is 0 Å². The van der Waals surface area contributed by atoms with Crippen molar-refractivity contribution >= 4 is 11.9 Å². The molecule has 0 radical (unpaired) electrons. The van der Waals surface area contributed by atoms with Gasteiger partial charge in [-0.2, -0.15) is 0 Å². The Hall–Kier alpha value is -1.06. The zero-order chi connectivity index (χ0) is 15.6. The summed E-state index contributed by atoms with van der Waals surface area (Å²) in [6, 6.07) is 0. The van der Waals surface area contributed by atoms with Crippen LogP contribution in [0.3, 0.4) is 0 Å². The third kappa shape index (κ3) is 5.93. The molecule has 0 aromatic rings. The number of hydrogen-bond donors (Lipinski definition) is 0. The van der Waals surface area contributed by atoms with Crippen molar-refractivity contribution in [2.75, 3.05) is 0 Å². The molecule has 0 aromatic heterocycles. The number of ether oxygens (including phenoxy) is 2. The van der Waals surface area contributed by atoms with Crippen LogP contribution >= 0.6 is 0 Å². The van der Waals surface area contributed by atoms with Gasteiger partial charge >= 0.3 is 11.9 Å². The summed E-state index contributed by atoms with van der Waals surface area (Å²) in [6.45, 7) is 11.2. The van der Waals surface area contributed by atoms with Crippen LogP contribution in [0.25, 0.3) is 0 Å². The smallest absolute Gasteiger partial charge is 0.309 e. The molecule has 0 amide bonds. The van der Waals surface area contributed by atoms with Crippen LogP contribution in [0.1, 0.15) is 67.2 Å². The minimum absolute atomic E-state index is 0.180. The van der Waals surface area contributed by atoms with Gasteiger partial charge in [-0.1, -0.05) is 6.42 Å². The lowest BCUT2D eigenvalue weighted by molar-refractivity contribution is -0.166. The van der Waals surface area contributed by atoms with E-state index in [0.717, 1.165) is 19.3 Å². The van der Waals surface area contributed by atoms with Gasteiger partial charge in [0.15, 0.2) is 0 Å². The summed E-state index contributed by atoms with van der Waals surface area (Å²) in [5, 5.41) is 0. The topological polar surface area (TPSA) is 52.6 Å². The molecule has 1 aliphatic rings. The van der Waals surface area contributed by atoms with E-state index in [9.17, 15) is 9.59 Å². The normalized spacial score (nSPS) is 24.1. The molecule has 1 aliphatic carbocycles. The number of carbonyl (C=O) groups excluding carboxylic acids is 2. The quantitative estimate of drug-likeness (QED) is 0.728. The Balaban J connectivity index is 2.58. The van der Waals surface area contributed by atoms with Gasteiger partial charge in [-0.3, -0.25) is 9.59 Å². The third-order valence-corrected chi connectivity index (χ3v) is 3.15. The Bertz CT molecular complexity index is 326. The van der Waals surface area contributed by atoms with E-state index in [1.165, 1.54) is 0 Å². The Morgan fingerprint density at radius 2 is 1.15 bits per heavy atom. The molecule has 1 saturated carbocycles. The second-order valence-corrected chi connectivity index (χ2v) is 7.63. The van der Waals surface area contributed by atoms with Crippen molar-refractivity contribution in [3.05, 3.63) is 0 Å². The molecule has 0 N–H and O–H groups in total. The second-order valence-electron chi connectivity index (χ2n) is 7.63. The van der Waals surface area contributed by atoms with Crippen molar-refractivity contribution in [2.24, 2.45) is 11.8 Å². The van der Waals surface area contributed by atoms with Crippen LogP contribution in [0, 0.1) is 11.8 Å². The number of esters is 2. The van der Waals surface area contributed by atoms with Gasteiger partial charge in [0, 0.05) is 0 Å². The van der Waals surface area contributed by atoms with Crippen LogP contribution < -0.4 is 0 Å². The minimum atomic E-state index is -0.476. The van der Waals surface area contributed by atoms with Gasteiger partial charge in [0.05, 0.1) is 11.8 Å². The van der Waals surface area contributed by atoms with E-state index in [4.69, 9.17) is 9.47 Å². The highest BCUT2D eigenvalue weighted by atomic mass is 16.6. The maximum absolute atomic E-state index is 12.1. The fourth-order valence-corrected chi connectivity index (χ4v) is 2.39. The van der Waals surface area contributed by atoms with Crippen molar-refractivity contribution in [3.8, 4) is 0 Å². The fourth-order valence-electron chi connectivity index (χ4n) is 2.39. The molecule has 1 fully saturated rings. The average Bonchev–Trinajstić information content (AvgIpc) is 2.24. The van der Waals surface area contributed by atoms with Gasteiger partial charge < -0.3 is 9.47 Å². The molecular formula is C16H28O4. The van der Waals surface area contributed by atoms with Crippen molar-refractivity contribution < 1.29 is 19.1 Å². The van der Waals surface area contributed by atoms with Gasteiger partial charge in [0.2, 0.25) is 0 Å². The van der Waals surface area contributed by atoms with Crippen LogP contribution in [-0.2, 0) is 19.1 Å². The predicted molar refractivity (Wildman–Crippen MR) is 77.1 cm³/mol. The van der Waals surface area contributed by atoms with Gasteiger partial charge in [0.25, 0.3) is 0 Å². The van der Waals surface area contributed by atoms with E-state index in [1.54, 1.807) is 0 Å². The first-order chi connectivity index (χ1) is 8.98. The van der Waals surface area contributed by atoms with Gasteiger partial charge in [-0.15, -0.1) is 0 Å². The van der Waals surface area contributed by atoms with Gasteiger partial charge in [0.1, 0.15) is 11.2 Å². The molecule has 1 rings (SSSR count). The molecule has 0 aromatic carbocycles. The fraction of sp³-hybridized carbons (Fsp3) is 0.875. The van der Waals surface area contributed by atoms with E-state index >= 15 is 0 Å². The van der Waals surface area contributed by atoms with Crippen LogP contribution in [0.2, 0.25) is 0 Å². The Morgan fingerprint density at radius 3 is 1.45 bits per heavy atom. The highest BCUT2D eigenvalue weighted by Crippen LogP contribution is 2.32. The van der Waals surface area contributed by atoms with E-state index in [2.05, 4.69) is 0 Å². The first-order valence-electron chi connectivity index (χ1n) is 7.44. The predicted octanol–water partition coefficient (Wildman–Crippen LogP) is 3.48. The van der Waals surface area contributed by atoms with E-state index in [1.807, 2.05) is 41.5 Å². The molecule has 0 bridgehead atoms. The highest BCUT2D eigenvalue weighted by Gasteiger charge is 2.35. The largest absolute Gasteiger partial charge is 0.460 e. The monoisotopic (exact) mass is 284 g/mol. The van der Waals surface area contributed by atoms with Gasteiger partial charge in [-0.25, -0.2) is 0 Å². The van der Waals surface area contributed by atoms with Crippen LogP contribution in [0.4, 0.5) is 0 Å². The van der Waals surface area contributed by atoms with Crippen molar-refractivity contribution in [2.45, 2.75) is 78.4 Å². The Labute approximate surface area is 122 Å². The maximum Gasteiger partial charge on any atom is 0.309 e. The summed E-state index contributed by atoms with van der Waals surface area (Å²) in [7, 11) is 0. The second kappa shape index (κ2) is 6.15. The lowest BCUT2D eigenvalue weighted by atomic mass is 9.81. The van der Waals surface area contributed by atoms with Gasteiger partial charge in [-0.05, 0) is 60.8 Å². The van der Waals surface area contributed by atoms with Crippen LogP contribution in [0.5, 0.6) is 0 Å². The first kappa shape index (κ1) is 17.0. The minimum Gasteiger partial charge on any atom is -0.460 e. The number of rotatable bonds is 2. The molecule has 0 saturated heterocycles. The summed E-state index contributed by atoms with van der Waals surface area (Å²) in [5.41, 5.74) is -0.952. The molecule has 0 heterocycles. The Morgan fingerprint density at radius 1 is 0.800 bits per heavy atom. The summed E-state index contributed by atoms with van der Waals surface area (Å²) in [4.78, 5) is 24.2. The zero-order valence-electron chi connectivity index (χ0n) is 13.6. The first-order valence-corrected chi connectivity index (χ1v) is 7.44. The summed E-state index contributed by atoms with van der Waals surface area (Å²) in [6.07, 6.45) is 3.01. The maximum atomic E-state index is 12.1. The molecule has 4 nitrogen and oxygen atoms in total. The standard InChI is InChI=1S/C16H28O4/c1-15(2,3)19-13(17)11-8-7-9-12(10-11)14(18)20-16(4,5)6/h11-12H,7-10H2,1-6H3/t11-,12+. The molecule has 0 unspecified atom stereocenters.